The summed E-state index contributed by atoms with van der Waals surface area (Å²) in [5.41, 5.74) is 2.02. The minimum Gasteiger partial charge on any atom is -0.483 e. The van der Waals surface area contributed by atoms with Crippen molar-refractivity contribution >= 4 is 27.7 Å². The first kappa shape index (κ1) is 24.3. The molecule has 0 radical (unpaired) electrons. The van der Waals surface area contributed by atoms with E-state index < -0.39 is 6.04 Å². The number of rotatable bonds is 9. The number of hydrogen-bond acceptors (Lipinski definition) is 3. The molecule has 1 aliphatic rings. The van der Waals surface area contributed by atoms with Crippen molar-refractivity contribution in [3.63, 3.8) is 0 Å². The molecule has 5 nitrogen and oxygen atoms in total. The third-order valence-electron chi connectivity index (χ3n) is 6.00. The van der Waals surface area contributed by atoms with E-state index in [1.807, 2.05) is 48.5 Å². The van der Waals surface area contributed by atoms with Gasteiger partial charge in [0.15, 0.2) is 6.61 Å². The van der Waals surface area contributed by atoms with E-state index in [1.54, 1.807) is 11.8 Å². The fourth-order valence-electron chi connectivity index (χ4n) is 4.12. The lowest BCUT2D eigenvalue weighted by Crippen LogP contribution is -2.50. The minimum absolute atomic E-state index is 0.108. The molecular formula is C26H33BrN2O3. The molecule has 6 heteroatoms. The number of para-hydroxylation sites is 1. The highest BCUT2D eigenvalue weighted by Gasteiger charge is 2.29. The van der Waals surface area contributed by atoms with Crippen LogP contribution in [0.3, 0.4) is 0 Å². The van der Waals surface area contributed by atoms with E-state index in [9.17, 15) is 9.59 Å². The lowest BCUT2D eigenvalue weighted by atomic mass is 10.0. The highest BCUT2D eigenvalue weighted by molar-refractivity contribution is 9.10. The first-order chi connectivity index (χ1) is 15.3. The molecule has 32 heavy (non-hydrogen) atoms. The molecule has 1 N–H and O–H groups in total. The Morgan fingerprint density at radius 2 is 1.81 bits per heavy atom. The van der Waals surface area contributed by atoms with Crippen LogP contribution >= 0.6 is 15.9 Å². The highest BCUT2D eigenvalue weighted by Crippen LogP contribution is 2.26. The largest absolute Gasteiger partial charge is 0.483 e. The molecular weight excluding hydrogens is 468 g/mol. The average Bonchev–Trinajstić information content (AvgIpc) is 3.28. The summed E-state index contributed by atoms with van der Waals surface area (Å²) in [5, 5.41) is 3.13. The lowest BCUT2D eigenvalue weighted by Gasteiger charge is -2.30. The topological polar surface area (TPSA) is 58.6 Å². The maximum Gasteiger partial charge on any atom is 0.261 e. The van der Waals surface area contributed by atoms with Gasteiger partial charge in [0.1, 0.15) is 11.8 Å². The molecule has 0 aromatic heterocycles. The number of carbonyl (C=O) groups excluding carboxylic acids is 2. The summed E-state index contributed by atoms with van der Waals surface area (Å²) in [6.45, 7) is 6.21. The van der Waals surface area contributed by atoms with Crippen molar-refractivity contribution in [2.75, 3.05) is 6.61 Å². The van der Waals surface area contributed by atoms with Gasteiger partial charge in [0, 0.05) is 17.1 Å². The zero-order valence-corrected chi connectivity index (χ0v) is 20.7. The van der Waals surface area contributed by atoms with E-state index in [1.165, 1.54) is 0 Å². The fraction of sp³-hybridized carbons (Fsp3) is 0.462. The van der Waals surface area contributed by atoms with Crippen LogP contribution in [0.25, 0.3) is 0 Å². The summed E-state index contributed by atoms with van der Waals surface area (Å²) in [7, 11) is 0. The van der Waals surface area contributed by atoms with Gasteiger partial charge in [-0.1, -0.05) is 73.0 Å². The van der Waals surface area contributed by atoms with Crippen LogP contribution in [0.2, 0.25) is 0 Å². The molecule has 0 saturated heterocycles. The molecule has 0 heterocycles. The summed E-state index contributed by atoms with van der Waals surface area (Å²) in [5.74, 6) is 0.678. The zero-order chi connectivity index (χ0) is 23.1. The van der Waals surface area contributed by atoms with Crippen molar-refractivity contribution in [1.82, 2.24) is 10.2 Å². The molecule has 1 atom stereocenters. The summed E-state index contributed by atoms with van der Waals surface area (Å²) in [6.07, 6.45) is 4.30. The molecule has 1 fully saturated rings. The van der Waals surface area contributed by atoms with Crippen molar-refractivity contribution in [2.45, 2.75) is 71.0 Å². The van der Waals surface area contributed by atoms with Crippen molar-refractivity contribution in [1.29, 1.82) is 0 Å². The van der Waals surface area contributed by atoms with Gasteiger partial charge in [0.25, 0.3) is 5.91 Å². The minimum atomic E-state index is -0.592. The second-order valence-electron chi connectivity index (χ2n) is 8.80. The third kappa shape index (κ3) is 6.58. The van der Waals surface area contributed by atoms with Crippen LogP contribution in [-0.2, 0) is 16.1 Å². The first-order valence-corrected chi connectivity index (χ1v) is 12.2. The van der Waals surface area contributed by atoms with Gasteiger partial charge in [-0.3, -0.25) is 9.59 Å². The number of halogens is 1. The second-order valence-corrected chi connectivity index (χ2v) is 9.71. The van der Waals surface area contributed by atoms with Gasteiger partial charge in [0.05, 0.1) is 0 Å². The average molecular weight is 501 g/mol. The number of benzene rings is 2. The van der Waals surface area contributed by atoms with E-state index in [0.717, 1.165) is 41.3 Å². The van der Waals surface area contributed by atoms with E-state index in [2.05, 4.69) is 35.1 Å². The van der Waals surface area contributed by atoms with E-state index >= 15 is 0 Å². The molecule has 0 bridgehead atoms. The van der Waals surface area contributed by atoms with Crippen LogP contribution in [0, 0.1) is 0 Å². The number of hydrogen-bond donors (Lipinski definition) is 1. The lowest BCUT2D eigenvalue weighted by molar-refractivity contribution is -0.142. The number of nitrogens with one attached hydrogen (secondary N) is 1. The maximum absolute atomic E-state index is 13.3. The van der Waals surface area contributed by atoms with E-state index in [-0.39, 0.29) is 30.4 Å². The molecule has 2 aromatic rings. The molecule has 2 amide bonds. The smallest absolute Gasteiger partial charge is 0.261 e. The van der Waals surface area contributed by atoms with Crippen molar-refractivity contribution in [2.24, 2.45) is 0 Å². The molecule has 0 unspecified atom stereocenters. The SMILES string of the molecule is CC(C)c1ccccc1OCC(=O)N(Cc1cccc(Br)c1)[C@@H](C)C(=O)NC1CCCC1. The van der Waals surface area contributed by atoms with Gasteiger partial charge in [-0.15, -0.1) is 0 Å². The summed E-state index contributed by atoms with van der Waals surface area (Å²) >= 11 is 3.49. The van der Waals surface area contributed by atoms with Crippen LogP contribution in [0.5, 0.6) is 5.75 Å². The summed E-state index contributed by atoms with van der Waals surface area (Å²) in [4.78, 5) is 27.9. The Morgan fingerprint density at radius 3 is 2.50 bits per heavy atom. The number of ether oxygens (including phenoxy) is 1. The van der Waals surface area contributed by atoms with Crippen LogP contribution in [0.1, 0.15) is 63.5 Å². The molecule has 172 valence electrons. The third-order valence-corrected chi connectivity index (χ3v) is 6.50. The normalized spacial score (nSPS) is 14.9. The Bertz CT molecular complexity index is 925. The maximum atomic E-state index is 13.3. The second kappa shape index (κ2) is 11.5. The van der Waals surface area contributed by atoms with E-state index in [4.69, 9.17) is 4.74 Å². The summed E-state index contributed by atoms with van der Waals surface area (Å²) < 4.78 is 6.87. The van der Waals surface area contributed by atoms with Gasteiger partial charge in [-0.25, -0.2) is 0 Å². The Morgan fingerprint density at radius 1 is 1.09 bits per heavy atom. The first-order valence-electron chi connectivity index (χ1n) is 11.4. The van der Waals surface area contributed by atoms with Crippen molar-refractivity contribution < 1.29 is 14.3 Å². The van der Waals surface area contributed by atoms with Crippen molar-refractivity contribution in [3.8, 4) is 5.75 Å². The predicted molar refractivity (Wildman–Crippen MR) is 131 cm³/mol. The number of amides is 2. The van der Waals surface area contributed by atoms with Crippen LogP contribution in [0.15, 0.2) is 53.0 Å². The van der Waals surface area contributed by atoms with Crippen molar-refractivity contribution in [3.05, 3.63) is 64.1 Å². The van der Waals surface area contributed by atoms with Crippen LogP contribution in [-0.4, -0.2) is 35.4 Å². The van der Waals surface area contributed by atoms with Gasteiger partial charge < -0.3 is 15.0 Å². The quantitative estimate of drug-likeness (QED) is 0.499. The Labute approximate surface area is 199 Å². The molecule has 3 rings (SSSR count). The van der Waals surface area contributed by atoms with Crippen LogP contribution in [0.4, 0.5) is 0 Å². The van der Waals surface area contributed by atoms with Gasteiger partial charge in [-0.2, -0.15) is 0 Å². The molecule has 1 aliphatic carbocycles. The Kier molecular flexibility index (Phi) is 8.74. The Balaban J connectivity index is 1.74. The van der Waals surface area contributed by atoms with Gasteiger partial charge >= 0.3 is 0 Å². The Hall–Kier alpha value is -2.34. The molecule has 2 aromatic carbocycles. The molecule has 0 spiro atoms. The predicted octanol–water partition coefficient (Wildman–Crippen LogP) is 5.43. The highest BCUT2D eigenvalue weighted by atomic mass is 79.9. The van der Waals surface area contributed by atoms with Gasteiger partial charge in [-0.05, 0) is 55.0 Å². The number of nitrogens with zero attached hydrogens (tertiary/aromatic N) is 1. The zero-order valence-electron chi connectivity index (χ0n) is 19.1. The summed E-state index contributed by atoms with van der Waals surface area (Å²) in [6, 6.07) is 15.2. The monoisotopic (exact) mass is 500 g/mol. The van der Waals surface area contributed by atoms with Gasteiger partial charge in [0.2, 0.25) is 5.91 Å². The fourth-order valence-corrected chi connectivity index (χ4v) is 4.56. The molecule has 0 aliphatic heterocycles. The standard InChI is InChI=1S/C26H33BrN2O3/c1-18(2)23-13-6-7-14-24(23)32-17-25(30)29(16-20-9-8-10-21(27)15-20)19(3)26(31)28-22-11-4-5-12-22/h6-10,13-15,18-19,22H,4-5,11-12,16-17H2,1-3H3,(H,28,31)/t19-/m0/s1. The van der Waals surface area contributed by atoms with Crippen LogP contribution < -0.4 is 10.1 Å². The number of carbonyl (C=O) groups is 2. The molecule has 1 saturated carbocycles. The van der Waals surface area contributed by atoms with E-state index in [0.29, 0.717) is 12.3 Å².